The molecule has 0 fully saturated rings. The van der Waals surface area contributed by atoms with Crippen LogP contribution in [0.5, 0.6) is 0 Å². The number of pyridine rings is 1. The highest BCUT2D eigenvalue weighted by molar-refractivity contribution is 5.81. The van der Waals surface area contributed by atoms with E-state index < -0.39 is 0 Å². The first-order chi connectivity index (χ1) is 7.84. The Morgan fingerprint density at radius 2 is 2.06 bits per heavy atom. The van der Waals surface area contributed by atoms with E-state index in [0.717, 1.165) is 11.2 Å². The summed E-state index contributed by atoms with van der Waals surface area (Å²) in [6, 6.07) is 10.0. The van der Waals surface area contributed by atoms with Gasteiger partial charge in [0.25, 0.3) is 0 Å². The molecule has 0 saturated carbocycles. The van der Waals surface area contributed by atoms with Gasteiger partial charge in [0.15, 0.2) is 0 Å². The minimum absolute atomic E-state index is 0.984. The average molecular weight is 209 g/mol. The second kappa shape index (κ2) is 3.45. The zero-order valence-corrected chi connectivity index (χ0v) is 8.96. The summed E-state index contributed by atoms with van der Waals surface area (Å²) < 4.78 is 1.87. The van der Waals surface area contributed by atoms with Crippen LogP contribution in [0.4, 0.5) is 0 Å². The summed E-state index contributed by atoms with van der Waals surface area (Å²) in [5.41, 5.74) is 3.24. The zero-order chi connectivity index (χ0) is 11.0. The van der Waals surface area contributed by atoms with Crippen LogP contribution in [0, 0.1) is 6.92 Å². The first kappa shape index (κ1) is 9.09. The summed E-state index contributed by atoms with van der Waals surface area (Å²) >= 11 is 0. The summed E-state index contributed by atoms with van der Waals surface area (Å²) in [5, 5.41) is 5.71. The molecular formula is C13H11N3. The number of fused-ring (bicyclic) bond motifs is 1. The Balaban J connectivity index is 2.23. The Labute approximate surface area is 93.4 Å². The Hall–Kier alpha value is -2.16. The molecule has 0 bridgehead atoms. The highest BCUT2D eigenvalue weighted by atomic mass is 15.3. The SMILES string of the molecule is Cc1cccc2nn(-c3cccnc3)cc12. The van der Waals surface area contributed by atoms with Crippen LogP contribution in [-0.4, -0.2) is 14.8 Å². The van der Waals surface area contributed by atoms with Gasteiger partial charge in [-0.2, -0.15) is 5.10 Å². The maximum absolute atomic E-state index is 4.52. The minimum atomic E-state index is 0.984. The van der Waals surface area contributed by atoms with Crippen LogP contribution in [0.15, 0.2) is 48.9 Å². The molecule has 2 heterocycles. The molecule has 0 aliphatic rings. The van der Waals surface area contributed by atoms with Gasteiger partial charge in [-0.25, -0.2) is 4.68 Å². The molecule has 0 spiro atoms. The Morgan fingerprint density at radius 1 is 1.12 bits per heavy atom. The van der Waals surface area contributed by atoms with Crippen LogP contribution in [-0.2, 0) is 0 Å². The molecule has 3 heteroatoms. The average Bonchev–Trinajstić information content (AvgIpc) is 2.76. The number of rotatable bonds is 1. The van der Waals surface area contributed by atoms with E-state index in [1.807, 2.05) is 35.1 Å². The van der Waals surface area contributed by atoms with Crippen LogP contribution in [0.1, 0.15) is 5.56 Å². The lowest BCUT2D eigenvalue weighted by Gasteiger charge is -1.97. The Kier molecular flexibility index (Phi) is 1.96. The van der Waals surface area contributed by atoms with Crippen molar-refractivity contribution in [1.82, 2.24) is 14.8 Å². The standard InChI is InChI=1S/C13H11N3/c1-10-4-2-6-13-12(10)9-16(15-13)11-5-3-7-14-8-11/h2-9H,1H3. The molecule has 0 saturated heterocycles. The van der Waals surface area contributed by atoms with Crippen molar-refractivity contribution >= 4 is 10.9 Å². The molecule has 0 aliphatic carbocycles. The number of hydrogen-bond acceptors (Lipinski definition) is 2. The van der Waals surface area contributed by atoms with Crippen molar-refractivity contribution < 1.29 is 0 Å². The lowest BCUT2D eigenvalue weighted by Crippen LogP contribution is -1.93. The summed E-state index contributed by atoms with van der Waals surface area (Å²) in [6.07, 6.45) is 5.61. The molecule has 0 unspecified atom stereocenters. The number of aromatic nitrogens is 3. The van der Waals surface area contributed by atoms with Crippen molar-refractivity contribution in [3.8, 4) is 5.69 Å². The summed E-state index contributed by atoms with van der Waals surface area (Å²) in [6.45, 7) is 2.09. The summed E-state index contributed by atoms with van der Waals surface area (Å²) in [5.74, 6) is 0. The van der Waals surface area contributed by atoms with Crippen molar-refractivity contribution in [3.05, 3.63) is 54.5 Å². The van der Waals surface area contributed by atoms with Crippen LogP contribution in [0.25, 0.3) is 16.6 Å². The van der Waals surface area contributed by atoms with Crippen LogP contribution < -0.4 is 0 Å². The molecule has 0 atom stereocenters. The number of nitrogens with zero attached hydrogens (tertiary/aromatic N) is 3. The smallest absolute Gasteiger partial charge is 0.0930 e. The number of benzene rings is 1. The lowest BCUT2D eigenvalue weighted by atomic mass is 10.1. The van der Waals surface area contributed by atoms with Crippen molar-refractivity contribution in [2.75, 3.05) is 0 Å². The van der Waals surface area contributed by atoms with Gasteiger partial charge in [-0.1, -0.05) is 12.1 Å². The van der Waals surface area contributed by atoms with E-state index in [1.165, 1.54) is 10.9 Å². The minimum Gasteiger partial charge on any atom is -0.262 e. The molecule has 0 amide bonds. The summed E-state index contributed by atoms with van der Waals surface area (Å²) in [4.78, 5) is 4.09. The fourth-order valence-electron chi connectivity index (χ4n) is 1.81. The van der Waals surface area contributed by atoms with Gasteiger partial charge in [0.1, 0.15) is 0 Å². The van der Waals surface area contributed by atoms with Crippen LogP contribution >= 0.6 is 0 Å². The van der Waals surface area contributed by atoms with E-state index in [2.05, 4.69) is 23.1 Å². The predicted octanol–water partition coefficient (Wildman–Crippen LogP) is 2.73. The molecule has 1 aromatic carbocycles. The third kappa shape index (κ3) is 1.37. The third-order valence-electron chi connectivity index (χ3n) is 2.68. The second-order valence-electron chi connectivity index (χ2n) is 3.79. The summed E-state index contributed by atoms with van der Waals surface area (Å²) in [7, 11) is 0. The quantitative estimate of drug-likeness (QED) is 0.617. The number of aryl methyl sites for hydroxylation is 1. The molecule has 0 aliphatic heterocycles. The van der Waals surface area contributed by atoms with Crippen molar-refractivity contribution in [2.24, 2.45) is 0 Å². The van der Waals surface area contributed by atoms with E-state index >= 15 is 0 Å². The van der Waals surface area contributed by atoms with Gasteiger partial charge in [0.05, 0.1) is 17.4 Å². The van der Waals surface area contributed by atoms with Crippen LogP contribution in [0.2, 0.25) is 0 Å². The highest BCUT2D eigenvalue weighted by Gasteiger charge is 2.03. The largest absolute Gasteiger partial charge is 0.262 e. The molecule has 2 aromatic heterocycles. The van der Waals surface area contributed by atoms with Crippen molar-refractivity contribution in [1.29, 1.82) is 0 Å². The van der Waals surface area contributed by atoms with Crippen molar-refractivity contribution in [3.63, 3.8) is 0 Å². The van der Waals surface area contributed by atoms with Gasteiger partial charge in [-0.05, 0) is 30.7 Å². The number of hydrogen-bond donors (Lipinski definition) is 0. The van der Waals surface area contributed by atoms with E-state index in [0.29, 0.717) is 0 Å². The second-order valence-corrected chi connectivity index (χ2v) is 3.79. The van der Waals surface area contributed by atoms with Crippen LogP contribution in [0.3, 0.4) is 0 Å². The monoisotopic (exact) mass is 209 g/mol. The molecule has 3 aromatic rings. The highest BCUT2D eigenvalue weighted by Crippen LogP contribution is 2.18. The molecule has 0 N–H and O–H groups in total. The van der Waals surface area contributed by atoms with Gasteiger partial charge in [0, 0.05) is 17.8 Å². The maximum atomic E-state index is 4.52. The first-order valence-electron chi connectivity index (χ1n) is 5.20. The van der Waals surface area contributed by atoms with Gasteiger partial charge in [-0.3, -0.25) is 4.98 Å². The molecular weight excluding hydrogens is 198 g/mol. The fourth-order valence-corrected chi connectivity index (χ4v) is 1.81. The predicted molar refractivity (Wildman–Crippen MR) is 63.6 cm³/mol. The van der Waals surface area contributed by atoms with E-state index in [1.54, 1.807) is 12.4 Å². The van der Waals surface area contributed by atoms with Gasteiger partial charge < -0.3 is 0 Å². The molecule has 16 heavy (non-hydrogen) atoms. The van der Waals surface area contributed by atoms with E-state index in [9.17, 15) is 0 Å². The Morgan fingerprint density at radius 3 is 2.81 bits per heavy atom. The molecule has 78 valence electrons. The fraction of sp³-hybridized carbons (Fsp3) is 0.0769. The third-order valence-corrected chi connectivity index (χ3v) is 2.68. The normalized spacial score (nSPS) is 10.8. The van der Waals surface area contributed by atoms with E-state index in [4.69, 9.17) is 0 Å². The molecule has 3 nitrogen and oxygen atoms in total. The lowest BCUT2D eigenvalue weighted by molar-refractivity contribution is 0.889. The van der Waals surface area contributed by atoms with Gasteiger partial charge in [-0.15, -0.1) is 0 Å². The van der Waals surface area contributed by atoms with Gasteiger partial charge >= 0.3 is 0 Å². The molecule has 0 radical (unpaired) electrons. The van der Waals surface area contributed by atoms with E-state index in [-0.39, 0.29) is 0 Å². The maximum Gasteiger partial charge on any atom is 0.0930 e. The van der Waals surface area contributed by atoms with Crippen molar-refractivity contribution in [2.45, 2.75) is 6.92 Å². The first-order valence-corrected chi connectivity index (χ1v) is 5.20. The topological polar surface area (TPSA) is 30.7 Å². The van der Waals surface area contributed by atoms with Gasteiger partial charge in [0.2, 0.25) is 0 Å². The zero-order valence-electron chi connectivity index (χ0n) is 8.96. The Bertz CT molecular complexity index is 626. The molecule has 3 rings (SSSR count).